The number of aryl methyl sites for hydroxylation is 1. The van der Waals surface area contributed by atoms with E-state index < -0.39 is 0 Å². The summed E-state index contributed by atoms with van der Waals surface area (Å²) in [4.78, 5) is 6.16. The molecule has 0 aliphatic carbocycles. The Morgan fingerprint density at radius 3 is 2.46 bits per heavy atom. The summed E-state index contributed by atoms with van der Waals surface area (Å²) < 4.78 is 0. The van der Waals surface area contributed by atoms with Crippen LogP contribution in [-0.2, 0) is 6.42 Å². The van der Waals surface area contributed by atoms with Crippen molar-refractivity contribution in [3.05, 3.63) is 71.4 Å². The molecule has 0 unspecified atom stereocenters. The molecule has 4 rings (SSSR count). The highest BCUT2D eigenvalue weighted by Crippen LogP contribution is 2.28. The number of aromatic amines is 1. The summed E-state index contributed by atoms with van der Waals surface area (Å²) in [5.74, 6) is 0.747. The molecule has 1 aliphatic heterocycles. The van der Waals surface area contributed by atoms with Crippen molar-refractivity contribution in [3.63, 3.8) is 0 Å². The Morgan fingerprint density at radius 1 is 0.958 bits per heavy atom. The summed E-state index contributed by atoms with van der Waals surface area (Å²) in [6.45, 7) is 5.82. The number of fused-ring (bicyclic) bond motifs is 1. The van der Waals surface area contributed by atoms with Crippen LogP contribution < -0.4 is 0 Å². The lowest BCUT2D eigenvalue weighted by Crippen LogP contribution is -2.34. The highest BCUT2D eigenvalue weighted by Gasteiger charge is 2.20. The number of rotatable bonds is 4. The Hall–Kier alpha value is -2.06. The Kier molecular flexibility index (Phi) is 4.40. The molecule has 1 saturated heterocycles. The average Bonchev–Trinajstić information content (AvgIpc) is 2.96. The molecule has 1 N–H and O–H groups in total. The number of benzene rings is 2. The van der Waals surface area contributed by atoms with E-state index in [0.29, 0.717) is 0 Å². The van der Waals surface area contributed by atoms with Gasteiger partial charge in [0.15, 0.2) is 0 Å². The lowest BCUT2D eigenvalue weighted by molar-refractivity contribution is 0.214. The molecule has 1 aliphatic rings. The molecule has 0 saturated carbocycles. The second-order valence-electron chi connectivity index (χ2n) is 7.05. The predicted molar refractivity (Wildman–Crippen MR) is 102 cm³/mol. The van der Waals surface area contributed by atoms with E-state index in [1.165, 1.54) is 60.2 Å². The van der Waals surface area contributed by atoms with E-state index in [1.54, 1.807) is 0 Å². The zero-order valence-corrected chi connectivity index (χ0v) is 14.5. The first kappa shape index (κ1) is 15.5. The summed E-state index contributed by atoms with van der Waals surface area (Å²) in [6, 6.07) is 19.7. The molecule has 0 atom stereocenters. The molecule has 0 amide bonds. The molecule has 0 radical (unpaired) electrons. The maximum atomic E-state index is 3.52. The molecule has 0 bridgehead atoms. The highest BCUT2D eigenvalue weighted by atomic mass is 15.1. The quantitative estimate of drug-likeness (QED) is 0.725. The van der Waals surface area contributed by atoms with Crippen molar-refractivity contribution in [2.45, 2.75) is 32.1 Å². The van der Waals surface area contributed by atoms with E-state index in [4.69, 9.17) is 0 Å². The summed E-state index contributed by atoms with van der Waals surface area (Å²) in [6.07, 6.45) is 3.72. The molecule has 24 heavy (non-hydrogen) atoms. The Morgan fingerprint density at radius 2 is 1.67 bits per heavy atom. The third-order valence-corrected chi connectivity index (χ3v) is 5.56. The number of hydrogen-bond donors (Lipinski definition) is 1. The van der Waals surface area contributed by atoms with Gasteiger partial charge in [0, 0.05) is 23.1 Å². The monoisotopic (exact) mass is 318 g/mol. The second-order valence-corrected chi connectivity index (χ2v) is 7.05. The van der Waals surface area contributed by atoms with Crippen LogP contribution in [0.1, 0.15) is 35.6 Å². The first-order chi connectivity index (χ1) is 11.8. The van der Waals surface area contributed by atoms with Gasteiger partial charge < -0.3 is 9.88 Å². The van der Waals surface area contributed by atoms with Gasteiger partial charge in [-0.3, -0.25) is 0 Å². The molecular formula is C22H26N2. The zero-order valence-electron chi connectivity index (χ0n) is 14.5. The largest absolute Gasteiger partial charge is 0.358 e. The molecule has 0 spiro atoms. The van der Waals surface area contributed by atoms with E-state index in [1.807, 2.05) is 0 Å². The average molecular weight is 318 g/mol. The van der Waals surface area contributed by atoms with Gasteiger partial charge in [0.1, 0.15) is 0 Å². The fourth-order valence-electron chi connectivity index (χ4n) is 4.14. The van der Waals surface area contributed by atoms with Crippen molar-refractivity contribution in [1.29, 1.82) is 0 Å². The third kappa shape index (κ3) is 3.11. The van der Waals surface area contributed by atoms with Gasteiger partial charge in [0.2, 0.25) is 0 Å². The smallest absolute Gasteiger partial charge is 0.0458 e. The van der Waals surface area contributed by atoms with Gasteiger partial charge in [0.25, 0.3) is 0 Å². The first-order valence-electron chi connectivity index (χ1n) is 9.15. The lowest BCUT2D eigenvalue weighted by atomic mass is 9.89. The molecule has 2 nitrogen and oxygen atoms in total. The summed E-state index contributed by atoms with van der Waals surface area (Å²) in [5.41, 5.74) is 5.61. The molecule has 2 heteroatoms. The van der Waals surface area contributed by atoms with Crippen molar-refractivity contribution in [2.24, 2.45) is 0 Å². The minimum Gasteiger partial charge on any atom is -0.358 e. The van der Waals surface area contributed by atoms with Gasteiger partial charge in [-0.15, -0.1) is 0 Å². The van der Waals surface area contributed by atoms with Crippen LogP contribution >= 0.6 is 0 Å². The normalized spacial score (nSPS) is 16.7. The van der Waals surface area contributed by atoms with Crippen LogP contribution in [0.3, 0.4) is 0 Å². The van der Waals surface area contributed by atoms with Crippen LogP contribution in [0.2, 0.25) is 0 Å². The van der Waals surface area contributed by atoms with Gasteiger partial charge in [-0.25, -0.2) is 0 Å². The number of para-hydroxylation sites is 1. The third-order valence-electron chi connectivity index (χ3n) is 5.56. The minimum atomic E-state index is 0.747. The van der Waals surface area contributed by atoms with Gasteiger partial charge in [-0.1, -0.05) is 48.5 Å². The van der Waals surface area contributed by atoms with Crippen LogP contribution in [0, 0.1) is 6.92 Å². The molecular weight excluding hydrogens is 292 g/mol. The summed E-state index contributed by atoms with van der Waals surface area (Å²) >= 11 is 0. The lowest BCUT2D eigenvalue weighted by Gasteiger charge is -2.32. The molecule has 2 aromatic carbocycles. The topological polar surface area (TPSA) is 19.0 Å². The van der Waals surface area contributed by atoms with Gasteiger partial charge in [-0.05, 0) is 62.4 Å². The van der Waals surface area contributed by atoms with Crippen molar-refractivity contribution >= 4 is 10.9 Å². The Labute approximate surface area is 144 Å². The van der Waals surface area contributed by atoms with Crippen molar-refractivity contribution in [3.8, 4) is 0 Å². The van der Waals surface area contributed by atoms with Crippen LogP contribution in [0.15, 0.2) is 54.6 Å². The number of nitrogens with zero attached hydrogens (tertiary/aromatic N) is 1. The molecule has 124 valence electrons. The number of H-pyrrole nitrogens is 1. The predicted octanol–water partition coefficient (Wildman–Crippen LogP) is 4.90. The van der Waals surface area contributed by atoms with E-state index in [9.17, 15) is 0 Å². The van der Waals surface area contributed by atoms with Crippen LogP contribution in [-0.4, -0.2) is 29.5 Å². The SMILES string of the molecule is Cc1[nH]c2ccccc2c1CCN1CCC(c2ccccc2)CC1. The van der Waals surface area contributed by atoms with E-state index in [0.717, 1.165) is 12.3 Å². The zero-order chi connectivity index (χ0) is 16.4. The molecule has 3 aromatic rings. The standard InChI is InChI=1S/C22H26N2/c1-17-20(21-9-5-6-10-22(21)23-17)13-16-24-14-11-19(12-15-24)18-7-3-2-4-8-18/h2-10,19,23H,11-16H2,1H3. The van der Waals surface area contributed by atoms with Crippen LogP contribution in [0.4, 0.5) is 0 Å². The maximum Gasteiger partial charge on any atom is 0.0458 e. The number of likely N-dealkylation sites (tertiary alicyclic amines) is 1. The van der Waals surface area contributed by atoms with Crippen molar-refractivity contribution < 1.29 is 0 Å². The second kappa shape index (κ2) is 6.82. The van der Waals surface area contributed by atoms with E-state index in [2.05, 4.69) is 71.4 Å². The molecule has 1 aromatic heterocycles. The number of piperidine rings is 1. The van der Waals surface area contributed by atoms with Crippen LogP contribution in [0.5, 0.6) is 0 Å². The molecule has 2 heterocycles. The Bertz CT molecular complexity index is 795. The molecule has 1 fully saturated rings. The number of aromatic nitrogens is 1. The van der Waals surface area contributed by atoms with Gasteiger partial charge in [-0.2, -0.15) is 0 Å². The van der Waals surface area contributed by atoms with E-state index in [-0.39, 0.29) is 0 Å². The fraction of sp³-hybridized carbons (Fsp3) is 0.364. The van der Waals surface area contributed by atoms with Crippen molar-refractivity contribution in [1.82, 2.24) is 9.88 Å². The van der Waals surface area contributed by atoms with Crippen molar-refractivity contribution in [2.75, 3.05) is 19.6 Å². The van der Waals surface area contributed by atoms with Crippen LogP contribution in [0.25, 0.3) is 10.9 Å². The summed E-state index contributed by atoms with van der Waals surface area (Å²) in [5, 5.41) is 1.40. The number of hydrogen-bond acceptors (Lipinski definition) is 1. The van der Waals surface area contributed by atoms with E-state index >= 15 is 0 Å². The highest BCUT2D eigenvalue weighted by molar-refractivity contribution is 5.84. The van der Waals surface area contributed by atoms with Gasteiger partial charge in [0.05, 0.1) is 0 Å². The number of nitrogens with one attached hydrogen (secondary N) is 1. The summed E-state index contributed by atoms with van der Waals surface area (Å²) in [7, 11) is 0. The minimum absolute atomic E-state index is 0.747. The fourth-order valence-corrected chi connectivity index (χ4v) is 4.14. The maximum absolute atomic E-state index is 3.52. The van der Waals surface area contributed by atoms with Gasteiger partial charge >= 0.3 is 0 Å². The Balaban J connectivity index is 1.37. The first-order valence-corrected chi connectivity index (χ1v) is 9.15.